The van der Waals surface area contributed by atoms with Crippen LogP contribution in [0, 0.1) is 0 Å². The van der Waals surface area contributed by atoms with Crippen LogP contribution in [0.2, 0.25) is 0 Å². The number of aromatic amines is 1. The summed E-state index contributed by atoms with van der Waals surface area (Å²) in [6.07, 6.45) is 1.45. The second-order valence-electron chi connectivity index (χ2n) is 7.45. The average Bonchev–Trinajstić information content (AvgIpc) is 3.33. The van der Waals surface area contributed by atoms with Gasteiger partial charge in [-0.25, -0.2) is 4.98 Å². The molecule has 4 aromatic rings. The van der Waals surface area contributed by atoms with Crippen molar-refractivity contribution >= 4 is 28.7 Å². The second kappa shape index (κ2) is 10.4. The van der Waals surface area contributed by atoms with Crippen LogP contribution in [0.4, 0.5) is 0 Å². The molecule has 2 aromatic carbocycles. The molecule has 2 heterocycles. The molecule has 0 saturated heterocycles. The molecule has 2 N–H and O–H groups in total. The Kier molecular flexibility index (Phi) is 7.17. The molecule has 0 radical (unpaired) electrons. The summed E-state index contributed by atoms with van der Waals surface area (Å²) >= 11 is 1.18. The largest absolute Gasteiger partial charge is 0.497 e. The van der Waals surface area contributed by atoms with Crippen molar-refractivity contribution in [2.45, 2.75) is 25.0 Å². The van der Waals surface area contributed by atoms with Gasteiger partial charge in [0.05, 0.1) is 37.4 Å². The van der Waals surface area contributed by atoms with Gasteiger partial charge in [0.25, 0.3) is 5.56 Å². The maximum absolute atomic E-state index is 13.2. The molecule has 0 aliphatic carbocycles. The highest BCUT2D eigenvalue weighted by Crippen LogP contribution is 2.23. The summed E-state index contributed by atoms with van der Waals surface area (Å²) in [5.74, 6) is 1.37. The van der Waals surface area contributed by atoms with Crippen LogP contribution in [0.1, 0.15) is 25.5 Å². The number of thioether (sulfide) groups is 1. The maximum atomic E-state index is 13.2. The third-order valence-corrected chi connectivity index (χ3v) is 6.12. The van der Waals surface area contributed by atoms with E-state index in [9.17, 15) is 9.59 Å². The average molecular weight is 480 g/mol. The Morgan fingerprint density at radius 1 is 1.15 bits per heavy atom. The molecule has 2 aromatic heterocycles. The van der Waals surface area contributed by atoms with Gasteiger partial charge in [-0.15, -0.1) is 0 Å². The molecular weight excluding hydrogens is 454 g/mol. The fourth-order valence-electron chi connectivity index (χ4n) is 3.45. The van der Waals surface area contributed by atoms with Crippen LogP contribution < -0.4 is 20.3 Å². The predicted octanol–water partition coefficient (Wildman–Crippen LogP) is 3.49. The lowest BCUT2D eigenvalue weighted by Crippen LogP contribution is -2.29. The van der Waals surface area contributed by atoms with Crippen LogP contribution >= 0.6 is 11.8 Å². The Bertz CT molecular complexity index is 1330. The molecule has 1 unspecified atom stereocenters. The fourth-order valence-corrected chi connectivity index (χ4v) is 4.26. The lowest BCUT2D eigenvalue weighted by atomic mass is 10.1. The molecule has 4 rings (SSSR count). The molecule has 0 spiro atoms. The number of aromatic nitrogens is 4. The molecule has 10 heteroatoms. The number of nitrogens with one attached hydrogen (secondary N) is 2. The summed E-state index contributed by atoms with van der Waals surface area (Å²) in [6, 6.07) is 14.5. The predicted molar refractivity (Wildman–Crippen MR) is 131 cm³/mol. The first-order chi connectivity index (χ1) is 16.5. The van der Waals surface area contributed by atoms with Gasteiger partial charge in [-0.2, -0.15) is 5.10 Å². The Morgan fingerprint density at radius 3 is 2.53 bits per heavy atom. The molecular formula is C24H25N5O4S. The summed E-state index contributed by atoms with van der Waals surface area (Å²) in [6.45, 7) is 4.37. The normalized spacial score (nSPS) is 11.9. The minimum absolute atomic E-state index is 0.0869. The minimum atomic E-state index is -0.266. The van der Waals surface area contributed by atoms with E-state index in [0.717, 1.165) is 11.3 Å². The number of ether oxygens (including phenoxy) is 2. The van der Waals surface area contributed by atoms with Crippen molar-refractivity contribution in [1.82, 2.24) is 25.1 Å². The number of methoxy groups -OCH3 is 1. The summed E-state index contributed by atoms with van der Waals surface area (Å²) in [4.78, 5) is 30.4. The molecule has 0 bridgehead atoms. The van der Waals surface area contributed by atoms with Gasteiger partial charge in [-0.3, -0.25) is 19.3 Å². The second-order valence-corrected chi connectivity index (χ2v) is 8.39. The Balaban J connectivity index is 1.54. The highest BCUT2D eigenvalue weighted by atomic mass is 32.2. The smallest absolute Gasteiger partial charge is 0.269 e. The van der Waals surface area contributed by atoms with E-state index in [4.69, 9.17) is 9.47 Å². The third kappa shape index (κ3) is 5.07. The number of amides is 1. The van der Waals surface area contributed by atoms with Crippen molar-refractivity contribution < 1.29 is 14.3 Å². The van der Waals surface area contributed by atoms with E-state index in [1.807, 2.05) is 38.1 Å². The van der Waals surface area contributed by atoms with E-state index in [1.54, 1.807) is 31.4 Å². The quantitative estimate of drug-likeness (QED) is 0.279. The van der Waals surface area contributed by atoms with Gasteiger partial charge in [0.2, 0.25) is 5.91 Å². The zero-order valence-electron chi connectivity index (χ0n) is 19.1. The number of rotatable bonds is 9. The van der Waals surface area contributed by atoms with Gasteiger partial charge < -0.3 is 14.8 Å². The minimum Gasteiger partial charge on any atom is -0.497 e. The van der Waals surface area contributed by atoms with Crippen molar-refractivity contribution in [3.63, 3.8) is 0 Å². The number of carbonyl (C=O) groups excluding carboxylic acids is 1. The van der Waals surface area contributed by atoms with E-state index in [-0.39, 0.29) is 23.3 Å². The first kappa shape index (κ1) is 23.4. The molecule has 9 nitrogen and oxygen atoms in total. The summed E-state index contributed by atoms with van der Waals surface area (Å²) in [5.41, 5.74) is 1.69. The molecule has 0 fully saturated rings. The number of nitrogens with zero attached hydrogens (tertiary/aromatic N) is 3. The number of hydrogen-bond acceptors (Lipinski definition) is 7. The number of carbonyl (C=O) groups is 1. The number of hydrogen-bond donors (Lipinski definition) is 2. The molecule has 0 aliphatic rings. The Labute approximate surface area is 200 Å². The van der Waals surface area contributed by atoms with Crippen LogP contribution in [0.25, 0.3) is 16.7 Å². The summed E-state index contributed by atoms with van der Waals surface area (Å²) < 4.78 is 12.2. The Morgan fingerprint density at radius 2 is 1.85 bits per heavy atom. The molecule has 0 aliphatic heterocycles. The van der Waals surface area contributed by atoms with Crippen molar-refractivity contribution in [2.24, 2.45) is 0 Å². The van der Waals surface area contributed by atoms with Gasteiger partial charge in [0, 0.05) is 0 Å². The Hall–Kier alpha value is -3.79. The maximum Gasteiger partial charge on any atom is 0.269 e. The van der Waals surface area contributed by atoms with Crippen LogP contribution in [0.3, 0.4) is 0 Å². The molecule has 34 heavy (non-hydrogen) atoms. The van der Waals surface area contributed by atoms with Crippen molar-refractivity contribution in [1.29, 1.82) is 0 Å². The van der Waals surface area contributed by atoms with Gasteiger partial charge >= 0.3 is 0 Å². The lowest BCUT2D eigenvalue weighted by Gasteiger charge is -2.16. The lowest BCUT2D eigenvalue weighted by molar-refractivity contribution is -0.119. The molecule has 1 atom stereocenters. The molecule has 176 valence electrons. The highest BCUT2D eigenvalue weighted by Gasteiger charge is 2.17. The summed E-state index contributed by atoms with van der Waals surface area (Å²) in [7, 11) is 1.61. The standard InChI is InChI=1S/C24H25N5O4S/c1-4-33-19-11-7-17(8-12-19)29-23(31)20-13-25-28-22(20)27-24(29)34-14-21(30)26-15(2)16-5-9-18(32-3)10-6-16/h5-13,15H,4,14H2,1-3H3,(H,25,28)(H,26,30). The summed E-state index contributed by atoms with van der Waals surface area (Å²) in [5, 5.41) is 10.4. The number of H-pyrrole nitrogens is 1. The van der Waals surface area contributed by atoms with Crippen LogP contribution in [-0.2, 0) is 4.79 Å². The first-order valence-electron chi connectivity index (χ1n) is 10.8. The highest BCUT2D eigenvalue weighted by molar-refractivity contribution is 7.99. The van der Waals surface area contributed by atoms with Gasteiger partial charge in [-0.05, 0) is 55.8 Å². The zero-order chi connectivity index (χ0) is 24.1. The van der Waals surface area contributed by atoms with E-state index >= 15 is 0 Å². The van der Waals surface area contributed by atoms with Crippen molar-refractivity contribution in [3.05, 3.63) is 70.6 Å². The van der Waals surface area contributed by atoms with Crippen LogP contribution in [0.5, 0.6) is 11.5 Å². The first-order valence-corrected chi connectivity index (χ1v) is 11.7. The van der Waals surface area contributed by atoms with E-state index < -0.39 is 0 Å². The number of benzene rings is 2. The third-order valence-electron chi connectivity index (χ3n) is 5.18. The van der Waals surface area contributed by atoms with Crippen molar-refractivity contribution in [3.8, 4) is 17.2 Å². The topological polar surface area (TPSA) is 111 Å². The fraction of sp³-hybridized carbons (Fsp3) is 0.250. The monoisotopic (exact) mass is 479 g/mol. The zero-order valence-corrected chi connectivity index (χ0v) is 19.9. The van der Waals surface area contributed by atoms with Gasteiger partial charge in [-0.1, -0.05) is 23.9 Å². The van der Waals surface area contributed by atoms with Crippen LogP contribution in [-0.4, -0.2) is 45.1 Å². The van der Waals surface area contributed by atoms with Gasteiger partial charge in [0.1, 0.15) is 16.9 Å². The molecule has 0 saturated carbocycles. The van der Waals surface area contributed by atoms with Crippen molar-refractivity contribution in [2.75, 3.05) is 19.5 Å². The van der Waals surface area contributed by atoms with E-state index in [0.29, 0.717) is 34.2 Å². The SMILES string of the molecule is CCOc1ccc(-n2c(SCC(=O)NC(C)c3ccc(OC)cc3)nc3[nH]ncc3c2=O)cc1. The van der Waals surface area contributed by atoms with Gasteiger partial charge in [0.15, 0.2) is 10.8 Å². The van der Waals surface area contributed by atoms with E-state index in [1.165, 1.54) is 22.5 Å². The van der Waals surface area contributed by atoms with E-state index in [2.05, 4.69) is 20.5 Å². The van der Waals surface area contributed by atoms with Crippen LogP contribution in [0.15, 0.2) is 64.7 Å². The number of fused-ring (bicyclic) bond motifs is 1. The molecule has 1 amide bonds.